The number of aromatic carboxylic acids is 1. The molecule has 0 bridgehead atoms. The minimum Gasteiger partial charge on any atom is -0.477 e. The van der Waals surface area contributed by atoms with E-state index in [9.17, 15) is 22.8 Å². The molecule has 0 saturated heterocycles. The van der Waals surface area contributed by atoms with E-state index in [1.54, 1.807) is 4.57 Å². The lowest BCUT2D eigenvalue weighted by Crippen LogP contribution is -2.20. The Labute approximate surface area is 121 Å². The number of carboxylic acids is 1. The van der Waals surface area contributed by atoms with Crippen molar-refractivity contribution in [2.24, 2.45) is 0 Å². The maximum absolute atomic E-state index is 12.3. The van der Waals surface area contributed by atoms with Crippen LogP contribution in [0.2, 0.25) is 0 Å². The second-order valence-electron chi connectivity index (χ2n) is 5.04. The fourth-order valence-corrected chi connectivity index (χ4v) is 2.34. The SMILES string of the molecule is O=C(O)c1cn(C2CC2)c2ccc(OC(F)(F)F)cc2c1=O. The van der Waals surface area contributed by atoms with E-state index in [2.05, 4.69) is 4.74 Å². The molecule has 1 aliphatic carbocycles. The number of alkyl halides is 3. The van der Waals surface area contributed by atoms with E-state index < -0.39 is 29.1 Å². The zero-order valence-electron chi connectivity index (χ0n) is 11.1. The van der Waals surface area contributed by atoms with E-state index >= 15 is 0 Å². The Bertz CT molecular complexity index is 821. The number of benzene rings is 1. The van der Waals surface area contributed by atoms with Gasteiger partial charge < -0.3 is 14.4 Å². The summed E-state index contributed by atoms with van der Waals surface area (Å²) < 4.78 is 42.2. The van der Waals surface area contributed by atoms with Crippen LogP contribution in [0.5, 0.6) is 5.75 Å². The van der Waals surface area contributed by atoms with Gasteiger partial charge in [0.25, 0.3) is 0 Å². The molecule has 2 aromatic rings. The number of carboxylic acid groups (broad SMARTS) is 1. The maximum atomic E-state index is 12.3. The quantitative estimate of drug-likeness (QED) is 0.946. The molecule has 1 N–H and O–H groups in total. The second kappa shape index (κ2) is 4.75. The van der Waals surface area contributed by atoms with Crippen LogP contribution in [-0.2, 0) is 0 Å². The van der Waals surface area contributed by atoms with E-state index in [0.29, 0.717) is 5.52 Å². The van der Waals surface area contributed by atoms with Crippen molar-refractivity contribution in [1.29, 1.82) is 0 Å². The number of rotatable bonds is 3. The van der Waals surface area contributed by atoms with Crippen molar-refractivity contribution in [2.45, 2.75) is 25.2 Å². The Kier molecular flexibility index (Phi) is 3.12. The molecule has 0 radical (unpaired) electrons. The minimum absolute atomic E-state index is 0.0654. The highest BCUT2D eigenvalue weighted by Gasteiger charge is 2.32. The largest absolute Gasteiger partial charge is 0.573 e. The summed E-state index contributed by atoms with van der Waals surface area (Å²) in [5.41, 5.74) is -0.900. The van der Waals surface area contributed by atoms with Gasteiger partial charge in [-0.25, -0.2) is 4.79 Å². The summed E-state index contributed by atoms with van der Waals surface area (Å²) >= 11 is 0. The normalized spacial score (nSPS) is 15.0. The molecule has 1 heterocycles. The summed E-state index contributed by atoms with van der Waals surface area (Å²) in [5, 5.41) is 8.98. The third-order valence-electron chi connectivity index (χ3n) is 3.41. The highest BCUT2D eigenvalue weighted by molar-refractivity contribution is 5.93. The highest BCUT2D eigenvalue weighted by atomic mass is 19.4. The molecule has 0 aliphatic heterocycles. The Morgan fingerprint density at radius 2 is 2.00 bits per heavy atom. The van der Waals surface area contributed by atoms with Gasteiger partial charge in [0.1, 0.15) is 11.3 Å². The molecular weight excluding hydrogens is 303 g/mol. The lowest BCUT2D eigenvalue weighted by atomic mass is 10.1. The van der Waals surface area contributed by atoms with Crippen molar-refractivity contribution in [3.05, 3.63) is 40.2 Å². The van der Waals surface area contributed by atoms with Crippen LogP contribution >= 0.6 is 0 Å². The molecule has 0 atom stereocenters. The first-order chi connectivity index (χ1) is 10.3. The zero-order valence-corrected chi connectivity index (χ0v) is 11.1. The summed E-state index contributed by atoms with van der Waals surface area (Å²) in [7, 11) is 0. The molecule has 5 nitrogen and oxygen atoms in total. The fourth-order valence-electron chi connectivity index (χ4n) is 2.34. The van der Waals surface area contributed by atoms with Crippen molar-refractivity contribution < 1.29 is 27.8 Å². The van der Waals surface area contributed by atoms with Crippen LogP contribution in [0.1, 0.15) is 29.2 Å². The van der Waals surface area contributed by atoms with Crippen molar-refractivity contribution >= 4 is 16.9 Å². The monoisotopic (exact) mass is 313 g/mol. The van der Waals surface area contributed by atoms with Crippen LogP contribution in [0.4, 0.5) is 13.2 Å². The van der Waals surface area contributed by atoms with Gasteiger partial charge in [-0.15, -0.1) is 13.2 Å². The number of hydrogen-bond donors (Lipinski definition) is 1. The molecule has 116 valence electrons. The third kappa shape index (κ3) is 2.63. The van der Waals surface area contributed by atoms with E-state index in [-0.39, 0.29) is 11.4 Å². The van der Waals surface area contributed by atoms with Crippen LogP contribution in [0.15, 0.2) is 29.2 Å². The third-order valence-corrected chi connectivity index (χ3v) is 3.41. The predicted octanol–water partition coefficient (Wildman–Crippen LogP) is 2.93. The van der Waals surface area contributed by atoms with Crippen LogP contribution in [-0.4, -0.2) is 22.0 Å². The molecule has 1 fully saturated rings. The Hall–Kier alpha value is -2.51. The summed E-state index contributed by atoms with van der Waals surface area (Å²) in [6.45, 7) is 0. The molecular formula is C14H10F3NO4. The average molecular weight is 313 g/mol. The first kappa shape index (κ1) is 14.4. The van der Waals surface area contributed by atoms with Gasteiger partial charge in [-0.3, -0.25) is 4.79 Å². The van der Waals surface area contributed by atoms with Crippen LogP contribution < -0.4 is 10.2 Å². The Morgan fingerprint density at radius 1 is 1.32 bits per heavy atom. The molecule has 1 aromatic carbocycles. The molecule has 1 aromatic heterocycles. The fraction of sp³-hybridized carbons (Fsp3) is 0.286. The van der Waals surface area contributed by atoms with Crippen LogP contribution in [0, 0.1) is 0 Å². The number of halogens is 3. The maximum Gasteiger partial charge on any atom is 0.573 e. The second-order valence-corrected chi connectivity index (χ2v) is 5.04. The van der Waals surface area contributed by atoms with Crippen molar-refractivity contribution in [3.63, 3.8) is 0 Å². The van der Waals surface area contributed by atoms with E-state index in [4.69, 9.17) is 5.11 Å². The van der Waals surface area contributed by atoms with Gasteiger partial charge >= 0.3 is 12.3 Å². The standard InChI is InChI=1S/C14H10F3NO4/c15-14(16,17)22-8-3-4-11-9(5-8)12(19)10(13(20)21)6-18(11)7-1-2-7/h3-7H,1-2H2,(H,20,21). The lowest BCUT2D eigenvalue weighted by molar-refractivity contribution is -0.274. The van der Waals surface area contributed by atoms with Gasteiger partial charge in [0, 0.05) is 12.2 Å². The van der Waals surface area contributed by atoms with E-state index in [1.165, 1.54) is 12.3 Å². The van der Waals surface area contributed by atoms with Gasteiger partial charge in [0.15, 0.2) is 0 Å². The molecule has 0 unspecified atom stereocenters. The van der Waals surface area contributed by atoms with Gasteiger partial charge in [0.05, 0.1) is 10.9 Å². The Morgan fingerprint density at radius 3 is 2.55 bits per heavy atom. The summed E-state index contributed by atoms with van der Waals surface area (Å²) in [6, 6.07) is 3.43. The lowest BCUT2D eigenvalue weighted by Gasteiger charge is -2.13. The molecule has 0 spiro atoms. The number of carbonyl (C=O) groups is 1. The topological polar surface area (TPSA) is 68.5 Å². The van der Waals surface area contributed by atoms with E-state index in [0.717, 1.165) is 25.0 Å². The smallest absolute Gasteiger partial charge is 0.477 e. The van der Waals surface area contributed by atoms with E-state index in [1.807, 2.05) is 0 Å². The molecule has 22 heavy (non-hydrogen) atoms. The average Bonchev–Trinajstić information content (AvgIpc) is 3.21. The number of fused-ring (bicyclic) bond motifs is 1. The van der Waals surface area contributed by atoms with Crippen molar-refractivity contribution in [3.8, 4) is 5.75 Å². The van der Waals surface area contributed by atoms with Gasteiger partial charge in [-0.2, -0.15) is 0 Å². The number of hydrogen-bond acceptors (Lipinski definition) is 3. The molecule has 0 amide bonds. The molecule has 1 aliphatic rings. The Balaban J connectivity index is 2.23. The number of ether oxygens (including phenoxy) is 1. The summed E-state index contributed by atoms with van der Waals surface area (Å²) in [6.07, 6.45) is -1.97. The molecule has 3 rings (SSSR count). The van der Waals surface area contributed by atoms with Crippen molar-refractivity contribution in [1.82, 2.24) is 4.57 Å². The van der Waals surface area contributed by atoms with Crippen LogP contribution in [0.3, 0.4) is 0 Å². The summed E-state index contributed by atoms with van der Waals surface area (Å²) in [4.78, 5) is 23.3. The first-order valence-electron chi connectivity index (χ1n) is 6.44. The van der Waals surface area contributed by atoms with Gasteiger partial charge in [0.2, 0.25) is 5.43 Å². The number of pyridine rings is 1. The molecule has 8 heteroatoms. The molecule has 1 saturated carbocycles. The minimum atomic E-state index is -4.88. The van der Waals surface area contributed by atoms with Gasteiger partial charge in [-0.1, -0.05) is 0 Å². The number of nitrogens with zero attached hydrogens (tertiary/aromatic N) is 1. The van der Waals surface area contributed by atoms with Crippen LogP contribution in [0.25, 0.3) is 10.9 Å². The predicted molar refractivity (Wildman–Crippen MR) is 70.1 cm³/mol. The summed E-state index contributed by atoms with van der Waals surface area (Å²) in [5.74, 6) is -1.97. The highest BCUT2D eigenvalue weighted by Crippen LogP contribution is 2.37. The van der Waals surface area contributed by atoms with Gasteiger partial charge in [-0.05, 0) is 31.0 Å². The first-order valence-corrected chi connectivity index (χ1v) is 6.44. The number of aromatic nitrogens is 1. The zero-order chi connectivity index (χ0) is 16.1. The van der Waals surface area contributed by atoms with Crippen molar-refractivity contribution in [2.75, 3.05) is 0 Å².